The maximum Gasteiger partial charge on any atom is 0.134 e. The van der Waals surface area contributed by atoms with E-state index in [-0.39, 0.29) is 12.2 Å². The van der Waals surface area contributed by atoms with Gasteiger partial charge in [-0.05, 0) is 12.1 Å². The number of aromatic hydroxyl groups is 1. The van der Waals surface area contributed by atoms with Gasteiger partial charge < -0.3 is 5.11 Å². The Morgan fingerprint density at radius 2 is 2.29 bits per heavy atom. The van der Waals surface area contributed by atoms with Crippen LogP contribution >= 0.6 is 11.3 Å². The maximum atomic E-state index is 13.3. The van der Waals surface area contributed by atoms with Crippen LogP contribution in [0.4, 0.5) is 4.39 Å². The van der Waals surface area contributed by atoms with Crippen LogP contribution in [-0.2, 0) is 6.42 Å². The maximum absolute atomic E-state index is 13.3. The summed E-state index contributed by atoms with van der Waals surface area (Å²) >= 11 is 1.34. The van der Waals surface area contributed by atoms with Crippen molar-refractivity contribution in [3.05, 3.63) is 28.9 Å². The van der Waals surface area contributed by atoms with E-state index in [0.717, 1.165) is 4.70 Å². The minimum absolute atomic E-state index is 0.0560. The number of nitrogens with zero attached hydrogens (tertiary/aromatic N) is 1. The smallest absolute Gasteiger partial charge is 0.134 e. The molecule has 0 saturated carbocycles. The predicted molar refractivity (Wildman–Crippen MR) is 52.8 cm³/mol. The van der Waals surface area contributed by atoms with E-state index < -0.39 is 5.82 Å². The summed E-state index contributed by atoms with van der Waals surface area (Å²) in [6, 6.07) is 4.78. The van der Waals surface area contributed by atoms with Gasteiger partial charge in [-0.1, -0.05) is 0 Å². The van der Waals surface area contributed by atoms with Crippen LogP contribution in [0.25, 0.3) is 10.1 Å². The zero-order valence-electron chi connectivity index (χ0n) is 7.12. The summed E-state index contributed by atoms with van der Waals surface area (Å²) in [5.74, 6) is -0.347. The molecule has 0 fully saturated rings. The molecule has 2 aromatic rings. The van der Waals surface area contributed by atoms with Crippen molar-refractivity contribution in [3.63, 3.8) is 0 Å². The Balaban J connectivity index is 2.67. The molecule has 0 bridgehead atoms. The van der Waals surface area contributed by atoms with Crippen molar-refractivity contribution in [2.75, 3.05) is 0 Å². The standard InChI is InChI=1S/C10H6FNOS/c11-8-4-7-9(13)5-14-10(7)3-6(8)1-2-12/h3-5,13H,1H2. The number of fused-ring (bicyclic) bond motifs is 1. The van der Waals surface area contributed by atoms with Crippen LogP contribution < -0.4 is 0 Å². The summed E-state index contributed by atoms with van der Waals surface area (Å²) < 4.78 is 14.1. The van der Waals surface area contributed by atoms with E-state index in [4.69, 9.17) is 5.26 Å². The summed E-state index contributed by atoms with van der Waals surface area (Å²) in [6.45, 7) is 0. The van der Waals surface area contributed by atoms with Crippen molar-refractivity contribution in [2.24, 2.45) is 0 Å². The van der Waals surface area contributed by atoms with Gasteiger partial charge >= 0.3 is 0 Å². The molecule has 2 nitrogen and oxygen atoms in total. The lowest BCUT2D eigenvalue weighted by Gasteiger charge is -1.98. The SMILES string of the molecule is N#CCc1cc2scc(O)c2cc1F. The summed E-state index contributed by atoms with van der Waals surface area (Å²) in [7, 11) is 0. The fourth-order valence-electron chi connectivity index (χ4n) is 1.30. The Morgan fingerprint density at radius 3 is 3.00 bits per heavy atom. The van der Waals surface area contributed by atoms with Crippen LogP contribution in [0.2, 0.25) is 0 Å². The van der Waals surface area contributed by atoms with Gasteiger partial charge in [0.1, 0.15) is 11.6 Å². The number of hydrogen-bond donors (Lipinski definition) is 1. The first-order valence-corrected chi connectivity index (χ1v) is 4.86. The lowest BCUT2D eigenvalue weighted by molar-refractivity contribution is 0.483. The minimum atomic E-state index is -0.437. The first-order chi connectivity index (χ1) is 6.72. The average Bonchev–Trinajstić information content (AvgIpc) is 2.50. The van der Waals surface area contributed by atoms with Crippen molar-refractivity contribution in [2.45, 2.75) is 6.42 Å². The van der Waals surface area contributed by atoms with Crippen LogP contribution in [0.3, 0.4) is 0 Å². The molecule has 0 aliphatic carbocycles. The molecule has 1 aromatic carbocycles. The summed E-state index contributed by atoms with van der Waals surface area (Å²) in [4.78, 5) is 0. The van der Waals surface area contributed by atoms with Crippen molar-refractivity contribution < 1.29 is 9.50 Å². The van der Waals surface area contributed by atoms with Crippen LogP contribution in [0.5, 0.6) is 5.75 Å². The van der Waals surface area contributed by atoms with E-state index in [0.29, 0.717) is 10.9 Å². The fraction of sp³-hybridized carbons (Fsp3) is 0.100. The first kappa shape index (κ1) is 8.97. The molecular weight excluding hydrogens is 201 g/mol. The zero-order chi connectivity index (χ0) is 10.1. The number of thiophene rings is 1. The fourth-order valence-corrected chi connectivity index (χ4v) is 2.16. The molecule has 1 N–H and O–H groups in total. The van der Waals surface area contributed by atoms with Gasteiger partial charge in [-0.3, -0.25) is 0 Å². The third-order valence-electron chi connectivity index (χ3n) is 1.99. The molecule has 0 amide bonds. The largest absolute Gasteiger partial charge is 0.506 e. The molecular formula is C10H6FNOS. The van der Waals surface area contributed by atoms with Gasteiger partial charge in [-0.25, -0.2) is 4.39 Å². The summed E-state index contributed by atoms with van der Waals surface area (Å²) in [5.41, 5.74) is 0.377. The molecule has 0 saturated heterocycles. The Kier molecular flexibility index (Phi) is 2.10. The molecule has 0 spiro atoms. The highest BCUT2D eigenvalue weighted by molar-refractivity contribution is 7.17. The van der Waals surface area contributed by atoms with E-state index in [1.165, 1.54) is 17.4 Å². The van der Waals surface area contributed by atoms with Gasteiger partial charge in [0.25, 0.3) is 0 Å². The molecule has 0 aliphatic heterocycles. The van der Waals surface area contributed by atoms with Crippen molar-refractivity contribution in [1.29, 1.82) is 5.26 Å². The van der Waals surface area contributed by atoms with E-state index in [1.54, 1.807) is 11.4 Å². The van der Waals surface area contributed by atoms with Gasteiger partial charge in [0.05, 0.1) is 12.5 Å². The normalized spacial score (nSPS) is 10.3. The van der Waals surface area contributed by atoms with Crippen LogP contribution in [0, 0.1) is 17.1 Å². The first-order valence-electron chi connectivity index (χ1n) is 3.98. The van der Waals surface area contributed by atoms with E-state index in [1.807, 2.05) is 6.07 Å². The average molecular weight is 207 g/mol. The lowest BCUT2D eigenvalue weighted by Crippen LogP contribution is -1.87. The topological polar surface area (TPSA) is 44.0 Å². The number of rotatable bonds is 1. The van der Waals surface area contributed by atoms with Crippen LogP contribution in [-0.4, -0.2) is 5.11 Å². The van der Waals surface area contributed by atoms with Gasteiger partial charge in [-0.2, -0.15) is 5.26 Å². The van der Waals surface area contributed by atoms with E-state index in [2.05, 4.69) is 0 Å². The molecule has 0 aliphatic rings. The molecule has 1 heterocycles. The van der Waals surface area contributed by atoms with E-state index in [9.17, 15) is 9.50 Å². The number of nitriles is 1. The molecule has 0 unspecified atom stereocenters. The predicted octanol–water partition coefficient (Wildman–Crippen LogP) is 2.81. The monoisotopic (exact) mass is 207 g/mol. The second-order valence-electron chi connectivity index (χ2n) is 2.90. The highest BCUT2D eigenvalue weighted by Gasteiger charge is 2.08. The number of hydrogen-bond acceptors (Lipinski definition) is 3. The second kappa shape index (κ2) is 3.28. The molecule has 2 rings (SSSR count). The third kappa shape index (κ3) is 1.32. The van der Waals surface area contributed by atoms with E-state index >= 15 is 0 Å². The van der Waals surface area contributed by atoms with Crippen molar-refractivity contribution >= 4 is 21.4 Å². The van der Waals surface area contributed by atoms with Crippen LogP contribution in [0.1, 0.15) is 5.56 Å². The molecule has 14 heavy (non-hydrogen) atoms. The highest BCUT2D eigenvalue weighted by atomic mass is 32.1. The molecule has 70 valence electrons. The van der Waals surface area contributed by atoms with Gasteiger partial charge in [0, 0.05) is 21.0 Å². The zero-order valence-corrected chi connectivity index (χ0v) is 7.94. The summed E-state index contributed by atoms with van der Waals surface area (Å²) in [6.07, 6.45) is 0.0560. The minimum Gasteiger partial charge on any atom is -0.506 e. The quantitative estimate of drug-likeness (QED) is 0.781. The Labute approximate surface area is 83.8 Å². The van der Waals surface area contributed by atoms with Gasteiger partial charge in [0.2, 0.25) is 0 Å². The Bertz CT molecular complexity index is 527. The van der Waals surface area contributed by atoms with Crippen LogP contribution in [0.15, 0.2) is 17.5 Å². The highest BCUT2D eigenvalue weighted by Crippen LogP contribution is 2.32. The third-order valence-corrected chi connectivity index (χ3v) is 2.92. The van der Waals surface area contributed by atoms with Gasteiger partial charge in [0.15, 0.2) is 0 Å². The number of halogens is 1. The molecule has 0 radical (unpaired) electrons. The molecule has 4 heteroatoms. The Morgan fingerprint density at radius 1 is 1.50 bits per heavy atom. The lowest BCUT2D eigenvalue weighted by atomic mass is 10.1. The summed E-state index contributed by atoms with van der Waals surface area (Å²) in [5, 5.41) is 19.9. The second-order valence-corrected chi connectivity index (χ2v) is 3.81. The Hall–Kier alpha value is -1.60. The molecule has 0 atom stereocenters. The molecule has 1 aromatic heterocycles. The van der Waals surface area contributed by atoms with Crippen molar-refractivity contribution in [1.82, 2.24) is 0 Å². The number of benzene rings is 1. The van der Waals surface area contributed by atoms with Crippen molar-refractivity contribution in [3.8, 4) is 11.8 Å². The van der Waals surface area contributed by atoms with Gasteiger partial charge in [-0.15, -0.1) is 11.3 Å².